The maximum Gasteiger partial charge on any atom is 0.336 e. The van der Waals surface area contributed by atoms with Crippen LogP contribution in [0, 0.1) is 0 Å². The van der Waals surface area contributed by atoms with Crippen LogP contribution >= 0.6 is 11.6 Å². The van der Waals surface area contributed by atoms with Crippen LogP contribution in [0.25, 0.3) is 33.0 Å². The summed E-state index contributed by atoms with van der Waals surface area (Å²) in [4.78, 5) is 20.7. The Morgan fingerprint density at radius 1 is 0.907 bits per heavy atom. The van der Waals surface area contributed by atoms with Gasteiger partial charge in [0.25, 0.3) is 0 Å². The molecule has 8 nitrogen and oxygen atoms in total. The van der Waals surface area contributed by atoms with E-state index >= 15 is 0 Å². The molecule has 0 amide bonds. The van der Waals surface area contributed by atoms with Crippen LogP contribution in [-0.2, 0) is 17.9 Å². The summed E-state index contributed by atoms with van der Waals surface area (Å²) < 4.78 is 23.1. The average Bonchev–Trinajstić information content (AvgIpc) is 3.03. The summed E-state index contributed by atoms with van der Waals surface area (Å²) >= 11 is 6.75. The van der Waals surface area contributed by atoms with Crippen LogP contribution < -0.4 is 20.4 Å². The number of rotatable bonds is 11. The molecule has 0 fully saturated rings. The van der Waals surface area contributed by atoms with E-state index in [0.717, 1.165) is 38.5 Å². The number of ether oxygens (including phenoxy) is 3. The van der Waals surface area contributed by atoms with Crippen molar-refractivity contribution in [1.82, 2.24) is 15.3 Å². The molecule has 216 valence electrons. The minimum Gasteiger partial charge on any atom is -0.488 e. The van der Waals surface area contributed by atoms with Crippen LogP contribution in [0.15, 0.2) is 107 Å². The van der Waals surface area contributed by atoms with Crippen LogP contribution in [0.5, 0.6) is 17.4 Å². The lowest BCUT2D eigenvalue weighted by Gasteiger charge is -2.16. The summed E-state index contributed by atoms with van der Waals surface area (Å²) in [5, 5.41) is 5.34. The quantitative estimate of drug-likeness (QED) is 0.125. The summed E-state index contributed by atoms with van der Waals surface area (Å²) in [7, 11) is 1.66. The van der Waals surface area contributed by atoms with E-state index in [1.54, 1.807) is 25.3 Å². The molecular weight excluding hydrogens is 566 g/mol. The third kappa shape index (κ3) is 6.52. The molecule has 4 aromatic carbocycles. The number of nitrogens with one attached hydrogen (secondary N) is 1. The van der Waals surface area contributed by atoms with Crippen LogP contribution in [0.1, 0.15) is 11.1 Å². The molecule has 43 heavy (non-hydrogen) atoms. The zero-order valence-corrected chi connectivity index (χ0v) is 24.1. The molecule has 6 rings (SSSR count). The van der Waals surface area contributed by atoms with Crippen molar-refractivity contribution >= 4 is 33.5 Å². The summed E-state index contributed by atoms with van der Waals surface area (Å²) in [5.74, 6) is 1.36. The first-order chi connectivity index (χ1) is 21.1. The molecule has 2 heterocycles. The fourth-order valence-electron chi connectivity index (χ4n) is 4.78. The Kier molecular flexibility index (Phi) is 8.60. The molecule has 0 saturated heterocycles. The molecule has 2 aromatic heterocycles. The van der Waals surface area contributed by atoms with E-state index in [9.17, 15) is 4.79 Å². The molecule has 1 N–H and O–H groups in total. The third-order valence-corrected chi connectivity index (χ3v) is 7.21. The van der Waals surface area contributed by atoms with Gasteiger partial charge in [0.1, 0.15) is 24.3 Å². The Labute approximate surface area is 252 Å². The van der Waals surface area contributed by atoms with Gasteiger partial charge in [0.2, 0.25) is 5.88 Å². The van der Waals surface area contributed by atoms with Crippen molar-refractivity contribution in [2.75, 3.05) is 20.3 Å². The normalized spacial score (nSPS) is 11.2. The van der Waals surface area contributed by atoms with Crippen molar-refractivity contribution in [2.45, 2.75) is 13.2 Å². The summed E-state index contributed by atoms with van der Waals surface area (Å²) in [6.45, 7) is 1.96. The van der Waals surface area contributed by atoms with Gasteiger partial charge < -0.3 is 23.9 Å². The van der Waals surface area contributed by atoms with Gasteiger partial charge in [0.05, 0.1) is 22.5 Å². The fourth-order valence-corrected chi connectivity index (χ4v) is 5.00. The van der Waals surface area contributed by atoms with Crippen molar-refractivity contribution in [3.8, 4) is 28.5 Å². The highest BCUT2D eigenvalue weighted by molar-refractivity contribution is 6.32. The van der Waals surface area contributed by atoms with Gasteiger partial charge in [-0.05, 0) is 35.4 Å². The third-order valence-electron chi connectivity index (χ3n) is 6.91. The van der Waals surface area contributed by atoms with E-state index in [1.807, 2.05) is 66.7 Å². The first kappa shape index (κ1) is 28.4. The van der Waals surface area contributed by atoms with E-state index in [1.165, 1.54) is 12.4 Å². The summed E-state index contributed by atoms with van der Waals surface area (Å²) in [5.41, 5.74) is 4.58. The van der Waals surface area contributed by atoms with E-state index in [2.05, 4.69) is 15.3 Å². The number of hydrogen-bond donors (Lipinski definition) is 1. The molecule has 0 aliphatic heterocycles. The predicted octanol–water partition coefficient (Wildman–Crippen LogP) is 7.16. The van der Waals surface area contributed by atoms with E-state index in [-0.39, 0.29) is 6.61 Å². The number of benzene rings is 4. The number of nitrogens with zero attached hydrogens (tertiary/aromatic N) is 2. The van der Waals surface area contributed by atoms with E-state index in [4.69, 9.17) is 30.2 Å². The Morgan fingerprint density at radius 3 is 2.63 bits per heavy atom. The highest BCUT2D eigenvalue weighted by atomic mass is 35.5. The van der Waals surface area contributed by atoms with Crippen molar-refractivity contribution in [3.05, 3.63) is 124 Å². The van der Waals surface area contributed by atoms with Crippen LogP contribution in [0.2, 0.25) is 5.02 Å². The molecule has 0 spiro atoms. The number of halogens is 1. The van der Waals surface area contributed by atoms with Crippen molar-refractivity contribution in [2.24, 2.45) is 0 Å². The van der Waals surface area contributed by atoms with Crippen molar-refractivity contribution < 1.29 is 18.6 Å². The maximum atomic E-state index is 11.7. The number of methoxy groups -OCH3 is 1. The second kappa shape index (κ2) is 13.0. The summed E-state index contributed by atoms with van der Waals surface area (Å²) in [6.07, 6.45) is 1.49. The minimum atomic E-state index is -0.400. The molecule has 6 aromatic rings. The Hall–Kier alpha value is -4.76. The monoisotopic (exact) mass is 593 g/mol. The molecule has 0 bridgehead atoms. The lowest BCUT2D eigenvalue weighted by atomic mass is 10.0. The number of fused-ring (bicyclic) bond motifs is 2. The van der Waals surface area contributed by atoms with E-state index < -0.39 is 5.63 Å². The molecule has 0 radical (unpaired) electrons. The largest absolute Gasteiger partial charge is 0.488 e. The Bertz CT molecular complexity index is 1950. The maximum absolute atomic E-state index is 11.7. The lowest BCUT2D eigenvalue weighted by Crippen LogP contribution is -2.19. The van der Waals surface area contributed by atoms with Gasteiger partial charge in [0, 0.05) is 48.8 Å². The second-order valence-electron chi connectivity index (χ2n) is 9.82. The molecule has 0 atom stereocenters. The first-order valence-electron chi connectivity index (χ1n) is 13.7. The zero-order valence-electron chi connectivity index (χ0n) is 23.4. The second-order valence-corrected chi connectivity index (χ2v) is 10.2. The Balaban J connectivity index is 1.32. The van der Waals surface area contributed by atoms with Crippen LogP contribution in [0.3, 0.4) is 0 Å². The van der Waals surface area contributed by atoms with Gasteiger partial charge in [-0.3, -0.25) is 0 Å². The summed E-state index contributed by atoms with van der Waals surface area (Å²) in [6, 6.07) is 28.3. The van der Waals surface area contributed by atoms with Crippen LogP contribution in [0.4, 0.5) is 0 Å². The fraction of sp³-hybridized carbons (Fsp3) is 0.147. The van der Waals surface area contributed by atoms with Crippen molar-refractivity contribution in [3.63, 3.8) is 0 Å². The van der Waals surface area contributed by atoms with Gasteiger partial charge in [-0.15, -0.1) is 0 Å². The molecular formula is C34H28ClN3O5. The number of hydrogen-bond acceptors (Lipinski definition) is 8. The SMILES string of the molecule is COCCNCc1cc(Cl)c(Oc2ncnc3c(-c4ccccc4)cccc23)cc1OCc1ccc2ccc(=O)oc2c1. The molecule has 0 saturated carbocycles. The van der Waals surface area contributed by atoms with Gasteiger partial charge in [-0.1, -0.05) is 66.2 Å². The van der Waals surface area contributed by atoms with E-state index in [0.29, 0.717) is 47.7 Å². The first-order valence-corrected chi connectivity index (χ1v) is 14.1. The van der Waals surface area contributed by atoms with Gasteiger partial charge in [-0.2, -0.15) is 0 Å². The molecule has 0 aliphatic rings. The van der Waals surface area contributed by atoms with Crippen molar-refractivity contribution in [1.29, 1.82) is 0 Å². The highest BCUT2D eigenvalue weighted by Gasteiger charge is 2.16. The molecule has 0 unspecified atom stereocenters. The Morgan fingerprint density at radius 2 is 1.77 bits per heavy atom. The predicted molar refractivity (Wildman–Crippen MR) is 167 cm³/mol. The van der Waals surface area contributed by atoms with Crippen LogP contribution in [-0.4, -0.2) is 30.2 Å². The molecule has 0 aliphatic carbocycles. The number of para-hydroxylation sites is 1. The smallest absolute Gasteiger partial charge is 0.336 e. The average molecular weight is 594 g/mol. The topological polar surface area (TPSA) is 95.7 Å². The zero-order chi connectivity index (χ0) is 29.6. The lowest BCUT2D eigenvalue weighted by molar-refractivity contribution is 0.199. The van der Waals surface area contributed by atoms with Gasteiger partial charge in [-0.25, -0.2) is 14.8 Å². The number of aromatic nitrogens is 2. The standard InChI is InChI=1S/C34H28ClN3O5/c1-40-15-14-36-19-25-17-28(35)31(18-29(25)41-20-22-10-11-24-12-13-32(39)42-30(24)16-22)43-34-27-9-5-8-26(33(27)37-21-38-34)23-6-3-2-4-7-23/h2-13,16-18,21,36H,14-15,19-20H2,1H3. The highest BCUT2D eigenvalue weighted by Crippen LogP contribution is 2.38. The van der Waals surface area contributed by atoms with Gasteiger partial charge >= 0.3 is 5.63 Å². The minimum absolute atomic E-state index is 0.234. The van der Waals surface area contributed by atoms with Gasteiger partial charge in [0.15, 0.2) is 5.75 Å². The molecule has 9 heteroatoms.